The van der Waals surface area contributed by atoms with E-state index in [1.165, 1.54) is 0 Å². The number of rotatable bonds is 2. The molecule has 0 aliphatic carbocycles. The first-order valence-corrected chi connectivity index (χ1v) is 5.74. The fraction of sp³-hybridized carbons (Fsp3) is 0.0714. The van der Waals surface area contributed by atoms with Crippen LogP contribution < -0.4 is 5.73 Å². The van der Waals surface area contributed by atoms with Crippen molar-refractivity contribution >= 4 is 10.9 Å². The van der Waals surface area contributed by atoms with Crippen molar-refractivity contribution in [3.8, 4) is 11.4 Å². The number of phenols is 1. The van der Waals surface area contributed by atoms with Gasteiger partial charge in [0.2, 0.25) is 0 Å². The highest BCUT2D eigenvalue weighted by Crippen LogP contribution is 2.22. The van der Waals surface area contributed by atoms with Crippen LogP contribution in [0.3, 0.4) is 0 Å². The number of hydrogen-bond acceptors (Lipinski definition) is 3. The first-order valence-electron chi connectivity index (χ1n) is 5.74. The second kappa shape index (κ2) is 4.16. The standard InChI is InChI=1S/C14H13N3O/c15-8-10-2-1-3-12(6-10)17-14-7-13(18)5-4-11(14)9-16-17/h1-7,9,18H,8,15H2. The summed E-state index contributed by atoms with van der Waals surface area (Å²) in [7, 11) is 0. The van der Waals surface area contributed by atoms with Crippen molar-refractivity contribution in [1.29, 1.82) is 0 Å². The van der Waals surface area contributed by atoms with Crippen LogP contribution in [0.15, 0.2) is 48.7 Å². The summed E-state index contributed by atoms with van der Waals surface area (Å²) in [5.41, 5.74) is 8.51. The molecule has 1 heterocycles. The van der Waals surface area contributed by atoms with Gasteiger partial charge in [0.15, 0.2) is 0 Å². The lowest BCUT2D eigenvalue weighted by molar-refractivity contribution is 0.476. The van der Waals surface area contributed by atoms with Crippen molar-refractivity contribution in [2.24, 2.45) is 5.73 Å². The smallest absolute Gasteiger partial charge is 0.117 e. The van der Waals surface area contributed by atoms with Crippen LogP contribution in [0.1, 0.15) is 5.56 Å². The van der Waals surface area contributed by atoms with Gasteiger partial charge in [-0.25, -0.2) is 4.68 Å². The van der Waals surface area contributed by atoms with Crippen LogP contribution in [0.2, 0.25) is 0 Å². The minimum Gasteiger partial charge on any atom is -0.508 e. The Morgan fingerprint density at radius 1 is 1.17 bits per heavy atom. The Bertz CT molecular complexity index is 703. The van der Waals surface area contributed by atoms with Gasteiger partial charge in [0.05, 0.1) is 17.4 Å². The molecule has 0 spiro atoms. The molecule has 0 saturated carbocycles. The first-order chi connectivity index (χ1) is 8.78. The third kappa shape index (κ3) is 1.72. The number of fused-ring (bicyclic) bond motifs is 1. The average Bonchev–Trinajstić information content (AvgIpc) is 2.81. The molecule has 0 aliphatic rings. The summed E-state index contributed by atoms with van der Waals surface area (Å²) in [6.45, 7) is 0.498. The van der Waals surface area contributed by atoms with Crippen molar-refractivity contribution in [1.82, 2.24) is 9.78 Å². The molecule has 4 heteroatoms. The summed E-state index contributed by atoms with van der Waals surface area (Å²) >= 11 is 0. The van der Waals surface area contributed by atoms with E-state index >= 15 is 0 Å². The summed E-state index contributed by atoms with van der Waals surface area (Å²) in [4.78, 5) is 0. The molecule has 3 N–H and O–H groups in total. The summed E-state index contributed by atoms with van der Waals surface area (Å²) in [6, 6.07) is 13.1. The molecule has 0 aliphatic heterocycles. The number of phenolic OH excluding ortho intramolecular Hbond substituents is 1. The van der Waals surface area contributed by atoms with Crippen molar-refractivity contribution in [3.05, 3.63) is 54.2 Å². The molecule has 3 rings (SSSR count). The van der Waals surface area contributed by atoms with E-state index in [4.69, 9.17) is 5.73 Å². The summed E-state index contributed by atoms with van der Waals surface area (Å²) < 4.78 is 1.80. The van der Waals surface area contributed by atoms with Crippen LogP contribution in [0.5, 0.6) is 5.75 Å². The molecular formula is C14H13N3O. The van der Waals surface area contributed by atoms with Gasteiger partial charge in [0, 0.05) is 18.0 Å². The van der Waals surface area contributed by atoms with Gasteiger partial charge < -0.3 is 10.8 Å². The average molecular weight is 239 g/mol. The Balaban J connectivity index is 2.21. The maximum absolute atomic E-state index is 9.56. The van der Waals surface area contributed by atoms with Crippen LogP contribution in [-0.4, -0.2) is 14.9 Å². The zero-order chi connectivity index (χ0) is 12.5. The third-order valence-corrected chi connectivity index (χ3v) is 2.95. The van der Waals surface area contributed by atoms with E-state index in [0.29, 0.717) is 6.54 Å². The topological polar surface area (TPSA) is 64.1 Å². The minimum absolute atomic E-state index is 0.235. The maximum Gasteiger partial charge on any atom is 0.117 e. The Hall–Kier alpha value is -2.33. The molecular weight excluding hydrogens is 226 g/mol. The van der Waals surface area contributed by atoms with Gasteiger partial charge in [0.1, 0.15) is 5.75 Å². The van der Waals surface area contributed by atoms with E-state index in [0.717, 1.165) is 22.2 Å². The Morgan fingerprint density at radius 3 is 2.89 bits per heavy atom. The third-order valence-electron chi connectivity index (χ3n) is 2.95. The van der Waals surface area contributed by atoms with Crippen molar-refractivity contribution in [2.75, 3.05) is 0 Å². The largest absolute Gasteiger partial charge is 0.508 e. The number of nitrogens with two attached hydrogens (primary N) is 1. The fourth-order valence-electron chi connectivity index (χ4n) is 2.03. The second-order valence-electron chi connectivity index (χ2n) is 4.17. The Morgan fingerprint density at radius 2 is 2.06 bits per heavy atom. The van der Waals surface area contributed by atoms with Gasteiger partial charge in [-0.1, -0.05) is 12.1 Å². The molecule has 4 nitrogen and oxygen atoms in total. The number of aromatic nitrogens is 2. The van der Waals surface area contributed by atoms with Gasteiger partial charge in [-0.05, 0) is 29.8 Å². The predicted molar refractivity (Wildman–Crippen MR) is 70.6 cm³/mol. The number of aromatic hydroxyl groups is 1. The van der Waals surface area contributed by atoms with Crippen molar-refractivity contribution in [3.63, 3.8) is 0 Å². The Labute approximate surface area is 104 Å². The van der Waals surface area contributed by atoms with Gasteiger partial charge in [-0.2, -0.15) is 5.10 Å². The van der Waals surface area contributed by atoms with Crippen LogP contribution in [0.4, 0.5) is 0 Å². The normalized spacial score (nSPS) is 10.9. The monoisotopic (exact) mass is 239 g/mol. The van der Waals surface area contributed by atoms with Crippen molar-refractivity contribution < 1.29 is 5.11 Å². The SMILES string of the molecule is NCc1cccc(-n2ncc3ccc(O)cc32)c1. The van der Waals surface area contributed by atoms with Crippen LogP contribution in [0, 0.1) is 0 Å². The summed E-state index contributed by atoms with van der Waals surface area (Å²) in [5, 5.41) is 14.9. The lowest BCUT2D eigenvalue weighted by Gasteiger charge is -2.05. The summed E-state index contributed by atoms with van der Waals surface area (Å²) in [5.74, 6) is 0.235. The number of hydrogen-bond donors (Lipinski definition) is 2. The van der Waals surface area contributed by atoms with E-state index in [2.05, 4.69) is 5.10 Å². The number of nitrogens with zero attached hydrogens (tertiary/aromatic N) is 2. The molecule has 0 unspecified atom stereocenters. The van der Waals surface area contributed by atoms with Gasteiger partial charge >= 0.3 is 0 Å². The van der Waals surface area contributed by atoms with Gasteiger partial charge in [-0.15, -0.1) is 0 Å². The molecule has 1 aromatic heterocycles. The second-order valence-corrected chi connectivity index (χ2v) is 4.17. The first kappa shape index (κ1) is 10.8. The predicted octanol–water partition coefficient (Wildman–Crippen LogP) is 2.19. The minimum atomic E-state index is 0.235. The van der Waals surface area contributed by atoms with E-state index in [1.54, 1.807) is 23.0 Å². The molecule has 2 aromatic carbocycles. The van der Waals surface area contributed by atoms with Gasteiger partial charge in [0.25, 0.3) is 0 Å². The van der Waals surface area contributed by atoms with E-state index in [-0.39, 0.29) is 5.75 Å². The highest BCUT2D eigenvalue weighted by atomic mass is 16.3. The fourth-order valence-corrected chi connectivity index (χ4v) is 2.03. The lowest BCUT2D eigenvalue weighted by Crippen LogP contribution is -2.00. The molecule has 0 saturated heterocycles. The zero-order valence-corrected chi connectivity index (χ0v) is 9.74. The molecule has 0 radical (unpaired) electrons. The van der Waals surface area contributed by atoms with Crippen LogP contribution in [0.25, 0.3) is 16.6 Å². The molecule has 90 valence electrons. The number of benzene rings is 2. The highest BCUT2D eigenvalue weighted by Gasteiger charge is 2.05. The lowest BCUT2D eigenvalue weighted by atomic mass is 10.2. The maximum atomic E-state index is 9.56. The van der Waals surface area contributed by atoms with E-state index < -0.39 is 0 Å². The molecule has 3 aromatic rings. The molecule has 0 atom stereocenters. The summed E-state index contributed by atoms with van der Waals surface area (Å²) in [6.07, 6.45) is 1.78. The van der Waals surface area contributed by atoms with E-state index in [9.17, 15) is 5.11 Å². The molecule has 0 bridgehead atoms. The Kier molecular flexibility index (Phi) is 2.50. The van der Waals surface area contributed by atoms with Gasteiger partial charge in [-0.3, -0.25) is 0 Å². The molecule has 18 heavy (non-hydrogen) atoms. The van der Waals surface area contributed by atoms with Crippen LogP contribution >= 0.6 is 0 Å². The van der Waals surface area contributed by atoms with E-state index in [1.807, 2.05) is 30.3 Å². The highest BCUT2D eigenvalue weighted by molar-refractivity contribution is 5.81. The quantitative estimate of drug-likeness (QED) is 0.720. The zero-order valence-electron chi connectivity index (χ0n) is 9.74. The van der Waals surface area contributed by atoms with Crippen LogP contribution in [-0.2, 0) is 6.54 Å². The molecule has 0 fully saturated rings. The molecule has 0 amide bonds. The van der Waals surface area contributed by atoms with Crippen molar-refractivity contribution in [2.45, 2.75) is 6.54 Å².